The molecule has 0 fully saturated rings. The van der Waals surface area contributed by atoms with E-state index in [0.717, 1.165) is 36.4 Å². The standard InChI is InChI=1S/C16H20N2O/c1-2-10-18(15-8-6-14(17)7-9-15)12-13-4-3-5-16(19)11-13/h3-9,11,19H,2,10,12,17H2,1H3. The van der Waals surface area contributed by atoms with Crippen LogP contribution in [0.25, 0.3) is 0 Å². The van der Waals surface area contributed by atoms with Crippen LogP contribution >= 0.6 is 0 Å². The molecule has 0 saturated heterocycles. The van der Waals surface area contributed by atoms with Gasteiger partial charge >= 0.3 is 0 Å². The molecule has 0 bridgehead atoms. The van der Waals surface area contributed by atoms with Crippen LogP contribution in [-0.4, -0.2) is 11.7 Å². The molecule has 2 aromatic carbocycles. The number of hydrogen-bond donors (Lipinski definition) is 2. The maximum Gasteiger partial charge on any atom is 0.115 e. The summed E-state index contributed by atoms with van der Waals surface area (Å²) >= 11 is 0. The Morgan fingerprint density at radius 3 is 2.47 bits per heavy atom. The van der Waals surface area contributed by atoms with Gasteiger partial charge in [0, 0.05) is 24.5 Å². The van der Waals surface area contributed by atoms with Crippen molar-refractivity contribution in [1.29, 1.82) is 0 Å². The lowest BCUT2D eigenvalue weighted by molar-refractivity contribution is 0.474. The first-order valence-corrected chi connectivity index (χ1v) is 6.57. The summed E-state index contributed by atoms with van der Waals surface area (Å²) in [6, 6.07) is 15.3. The topological polar surface area (TPSA) is 49.5 Å². The van der Waals surface area contributed by atoms with Crippen LogP contribution in [0, 0.1) is 0 Å². The number of hydrogen-bond acceptors (Lipinski definition) is 3. The van der Waals surface area contributed by atoms with Crippen molar-refractivity contribution in [3.05, 3.63) is 54.1 Å². The van der Waals surface area contributed by atoms with Crippen LogP contribution in [0.5, 0.6) is 5.75 Å². The second-order valence-electron chi connectivity index (χ2n) is 4.68. The third-order valence-electron chi connectivity index (χ3n) is 3.04. The molecule has 19 heavy (non-hydrogen) atoms. The molecular formula is C16H20N2O. The van der Waals surface area contributed by atoms with Gasteiger partial charge in [-0.15, -0.1) is 0 Å². The minimum atomic E-state index is 0.311. The summed E-state index contributed by atoms with van der Waals surface area (Å²) < 4.78 is 0. The second kappa shape index (κ2) is 6.14. The molecule has 0 aliphatic heterocycles. The summed E-state index contributed by atoms with van der Waals surface area (Å²) in [6.45, 7) is 3.92. The summed E-state index contributed by atoms with van der Waals surface area (Å²) in [6.07, 6.45) is 1.07. The number of benzene rings is 2. The van der Waals surface area contributed by atoms with Crippen LogP contribution in [0.15, 0.2) is 48.5 Å². The minimum Gasteiger partial charge on any atom is -0.508 e. The average Bonchev–Trinajstić information content (AvgIpc) is 2.39. The smallest absolute Gasteiger partial charge is 0.115 e. The first kappa shape index (κ1) is 13.3. The molecule has 0 radical (unpaired) electrons. The highest BCUT2D eigenvalue weighted by Gasteiger charge is 2.06. The Morgan fingerprint density at radius 2 is 1.84 bits per heavy atom. The summed E-state index contributed by atoms with van der Waals surface area (Å²) in [7, 11) is 0. The molecule has 2 aromatic rings. The Hall–Kier alpha value is -2.16. The number of phenols is 1. The van der Waals surface area contributed by atoms with Gasteiger partial charge in [-0.1, -0.05) is 19.1 Å². The number of nitrogens with two attached hydrogens (primary N) is 1. The fourth-order valence-corrected chi connectivity index (χ4v) is 2.13. The van der Waals surface area contributed by atoms with Crippen molar-refractivity contribution in [2.45, 2.75) is 19.9 Å². The van der Waals surface area contributed by atoms with Gasteiger partial charge in [0.2, 0.25) is 0 Å². The van der Waals surface area contributed by atoms with E-state index in [1.54, 1.807) is 12.1 Å². The predicted octanol–water partition coefficient (Wildman–Crippen LogP) is 3.39. The summed E-state index contributed by atoms with van der Waals surface area (Å²) in [5, 5.41) is 9.53. The predicted molar refractivity (Wildman–Crippen MR) is 80.3 cm³/mol. The zero-order chi connectivity index (χ0) is 13.7. The number of phenolic OH excluding ortho intramolecular Hbond substituents is 1. The summed E-state index contributed by atoms with van der Waals surface area (Å²) in [4.78, 5) is 2.29. The average molecular weight is 256 g/mol. The Labute approximate surface area is 114 Å². The molecule has 2 rings (SSSR count). The first-order valence-electron chi connectivity index (χ1n) is 6.57. The molecule has 0 atom stereocenters. The Balaban J connectivity index is 2.18. The van der Waals surface area contributed by atoms with Gasteiger partial charge in [0.1, 0.15) is 5.75 Å². The molecule has 3 N–H and O–H groups in total. The zero-order valence-electron chi connectivity index (χ0n) is 11.2. The SMILES string of the molecule is CCCN(Cc1cccc(O)c1)c1ccc(N)cc1. The lowest BCUT2D eigenvalue weighted by Crippen LogP contribution is -2.23. The molecule has 100 valence electrons. The van der Waals surface area contributed by atoms with Gasteiger partial charge in [0.15, 0.2) is 0 Å². The second-order valence-corrected chi connectivity index (χ2v) is 4.68. The van der Waals surface area contributed by atoms with Crippen LogP contribution in [0.2, 0.25) is 0 Å². The van der Waals surface area contributed by atoms with E-state index in [-0.39, 0.29) is 0 Å². The third kappa shape index (κ3) is 3.65. The van der Waals surface area contributed by atoms with E-state index >= 15 is 0 Å². The molecule has 0 spiro atoms. The van der Waals surface area contributed by atoms with Crippen LogP contribution in [0.3, 0.4) is 0 Å². The van der Waals surface area contributed by atoms with E-state index in [1.165, 1.54) is 0 Å². The van der Waals surface area contributed by atoms with Crippen molar-refractivity contribution < 1.29 is 5.11 Å². The number of aromatic hydroxyl groups is 1. The molecule has 0 aliphatic carbocycles. The normalized spacial score (nSPS) is 10.4. The number of rotatable bonds is 5. The molecule has 0 aliphatic rings. The van der Waals surface area contributed by atoms with Gasteiger partial charge in [0.25, 0.3) is 0 Å². The fourth-order valence-electron chi connectivity index (χ4n) is 2.13. The van der Waals surface area contributed by atoms with Crippen molar-refractivity contribution >= 4 is 11.4 Å². The van der Waals surface area contributed by atoms with Crippen LogP contribution in [0.4, 0.5) is 11.4 Å². The molecule has 0 amide bonds. The van der Waals surface area contributed by atoms with Crippen molar-refractivity contribution in [3.8, 4) is 5.75 Å². The molecule has 0 unspecified atom stereocenters. The molecular weight excluding hydrogens is 236 g/mol. The number of nitrogens with zero attached hydrogens (tertiary/aromatic N) is 1. The van der Waals surface area contributed by atoms with Crippen LogP contribution in [0.1, 0.15) is 18.9 Å². The van der Waals surface area contributed by atoms with E-state index in [9.17, 15) is 5.11 Å². The molecule has 0 saturated carbocycles. The molecule has 0 heterocycles. The first-order chi connectivity index (χ1) is 9.19. The van der Waals surface area contributed by atoms with Gasteiger partial charge in [-0.3, -0.25) is 0 Å². The summed E-state index contributed by atoms with van der Waals surface area (Å²) in [5.74, 6) is 0.311. The van der Waals surface area contributed by atoms with Crippen LogP contribution < -0.4 is 10.6 Å². The Morgan fingerprint density at radius 1 is 1.11 bits per heavy atom. The minimum absolute atomic E-state index is 0.311. The van der Waals surface area contributed by atoms with Gasteiger partial charge in [0.05, 0.1) is 0 Å². The highest BCUT2D eigenvalue weighted by Crippen LogP contribution is 2.20. The molecule has 3 heteroatoms. The quantitative estimate of drug-likeness (QED) is 0.806. The fraction of sp³-hybridized carbons (Fsp3) is 0.250. The van der Waals surface area contributed by atoms with Crippen molar-refractivity contribution in [3.63, 3.8) is 0 Å². The van der Waals surface area contributed by atoms with Crippen molar-refractivity contribution in [2.24, 2.45) is 0 Å². The molecule has 3 nitrogen and oxygen atoms in total. The lowest BCUT2D eigenvalue weighted by Gasteiger charge is -2.24. The van der Waals surface area contributed by atoms with Gasteiger partial charge < -0.3 is 15.7 Å². The van der Waals surface area contributed by atoms with Gasteiger partial charge in [-0.2, -0.15) is 0 Å². The monoisotopic (exact) mass is 256 g/mol. The van der Waals surface area contributed by atoms with Crippen molar-refractivity contribution in [1.82, 2.24) is 0 Å². The van der Waals surface area contributed by atoms with Crippen molar-refractivity contribution in [2.75, 3.05) is 17.2 Å². The van der Waals surface area contributed by atoms with E-state index < -0.39 is 0 Å². The Kier molecular flexibility index (Phi) is 4.29. The van der Waals surface area contributed by atoms with E-state index in [0.29, 0.717) is 5.75 Å². The number of nitrogen functional groups attached to an aromatic ring is 1. The van der Waals surface area contributed by atoms with Gasteiger partial charge in [-0.05, 0) is 48.4 Å². The lowest BCUT2D eigenvalue weighted by atomic mass is 10.1. The maximum absolute atomic E-state index is 9.53. The third-order valence-corrected chi connectivity index (χ3v) is 3.04. The maximum atomic E-state index is 9.53. The highest BCUT2D eigenvalue weighted by atomic mass is 16.3. The zero-order valence-corrected chi connectivity index (χ0v) is 11.2. The van der Waals surface area contributed by atoms with E-state index in [2.05, 4.69) is 11.8 Å². The largest absolute Gasteiger partial charge is 0.508 e. The summed E-state index contributed by atoms with van der Waals surface area (Å²) in [5.41, 5.74) is 8.75. The Bertz CT molecular complexity index is 523. The van der Waals surface area contributed by atoms with Gasteiger partial charge in [-0.25, -0.2) is 0 Å². The van der Waals surface area contributed by atoms with Crippen LogP contribution in [-0.2, 0) is 6.54 Å². The highest BCUT2D eigenvalue weighted by molar-refractivity contribution is 5.53. The van der Waals surface area contributed by atoms with E-state index in [4.69, 9.17) is 5.73 Å². The number of anilines is 2. The van der Waals surface area contributed by atoms with E-state index in [1.807, 2.05) is 36.4 Å². The molecule has 0 aromatic heterocycles.